The van der Waals surface area contributed by atoms with E-state index in [0.717, 1.165) is 0 Å². The molecule has 0 aromatic heterocycles. The van der Waals surface area contributed by atoms with Gasteiger partial charge in [0.2, 0.25) is 10.0 Å². The molecular weight excluding hydrogens is 402 g/mol. The highest BCUT2D eigenvalue weighted by Gasteiger charge is 2.31. The van der Waals surface area contributed by atoms with E-state index in [-0.39, 0.29) is 36.3 Å². The first-order valence-electron chi connectivity index (χ1n) is 10.1. The third-order valence-corrected chi connectivity index (χ3v) is 7.16. The Hall–Kier alpha value is -1.88. The number of sulfonamides is 1. The molecule has 0 radical (unpaired) electrons. The van der Waals surface area contributed by atoms with Crippen LogP contribution in [0.15, 0.2) is 0 Å². The summed E-state index contributed by atoms with van der Waals surface area (Å²) in [5.41, 5.74) is 0. The molecule has 0 aromatic rings. The number of likely N-dealkylation sites (tertiary alicyclic amines) is 1. The minimum Gasteiger partial charge on any atom is -0.455 e. The van der Waals surface area contributed by atoms with Crippen molar-refractivity contribution in [3.05, 3.63) is 0 Å². The second-order valence-electron chi connectivity index (χ2n) is 7.21. The number of hydrogen-bond acceptors (Lipinski definition) is 7. The van der Waals surface area contributed by atoms with E-state index >= 15 is 0 Å². The van der Waals surface area contributed by atoms with Gasteiger partial charge in [-0.2, -0.15) is 0 Å². The van der Waals surface area contributed by atoms with Crippen LogP contribution in [0.5, 0.6) is 0 Å². The maximum absolute atomic E-state index is 12.2. The number of nitrogens with one attached hydrogen (secondary N) is 1. The zero-order chi connectivity index (χ0) is 21.4. The number of nitrogens with zero attached hydrogens (tertiary/aromatic N) is 2. The van der Waals surface area contributed by atoms with Crippen LogP contribution in [0.3, 0.4) is 0 Å². The Bertz CT molecular complexity index is 682. The lowest BCUT2D eigenvalue weighted by Gasteiger charge is -2.31. The van der Waals surface area contributed by atoms with Crippen LogP contribution in [0.4, 0.5) is 4.79 Å². The molecule has 2 aliphatic rings. The summed E-state index contributed by atoms with van der Waals surface area (Å²) in [6, 6.07) is -0.0747. The van der Waals surface area contributed by atoms with Gasteiger partial charge >= 0.3 is 12.1 Å². The minimum atomic E-state index is -3.24. The van der Waals surface area contributed by atoms with E-state index in [9.17, 15) is 22.8 Å². The van der Waals surface area contributed by atoms with E-state index in [0.29, 0.717) is 58.5 Å². The fourth-order valence-electron chi connectivity index (χ4n) is 3.50. The predicted molar refractivity (Wildman–Crippen MR) is 104 cm³/mol. The molecule has 0 spiro atoms. The van der Waals surface area contributed by atoms with Crippen molar-refractivity contribution in [3.63, 3.8) is 0 Å². The first-order valence-corrected chi connectivity index (χ1v) is 11.7. The summed E-state index contributed by atoms with van der Waals surface area (Å²) in [7, 11) is -3.24. The van der Waals surface area contributed by atoms with Gasteiger partial charge in [-0.25, -0.2) is 17.5 Å². The first-order chi connectivity index (χ1) is 13.8. The lowest BCUT2D eigenvalue weighted by molar-refractivity contribution is -0.154. The van der Waals surface area contributed by atoms with E-state index in [2.05, 4.69) is 5.32 Å². The van der Waals surface area contributed by atoms with Crippen LogP contribution < -0.4 is 5.32 Å². The van der Waals surface area contributed by atoms with Crippen molar-refractivity contribution in [1.82, 2.24) is 14.5 Å². The molecule has 2 aliphatic heterocycles. The number of piperidine rings is 2. The zero-order valence-corrected chi connectivity index (χ0v) is 17.9. The Labute approximate surface area is 171 Å². The summed E-state index contributed by atoms with van der Waals surface area (Å²) in [4.78, 5) is 37.5. The van der Waals surface area contributed by atoms with Crippen molar-refractivity contribution in [3.8, 4) is 0 Å². The van der Waals surface area contributed by atoms with Crippen LogP contribution in [0.25, 0.3) is 0 Å². The van der Waals surface area contributed by atoms with Gasteiger partial charge in [0.1, 0.15) is 0 Å². The molecular formula is C18H31N3O7S. The minimum absolute atomic E-state index is 0.0427. The van der Waals surface area contributed by atoms with Gasteiger partial charge in [0.25, 0.3) is 5.91 Å². The second-order valence-corrected chi connectivity index (χ2v) is 9.47. The molecule has 10 nitrogen and oxygen atoms in total. The highest BCUT2D eigenvalue weighted by molar-refractivity contribution is 7.89. The van der Waals surface area contributed by atoms with Crippen molar-refractivity contribution in [2.45, 2.75) is 45.6 Å². The number of hydrogen-bond donors (Lipinski definition) is 1. The van der Waals surface area contributed by atoms with Crippen LogP contribution >= 0.6 is 0 Å². The fourth-order valence-corrected chi connectivity index (χ4v) is 4.63. The average Bonchev–Trinajstić information content (AvgIpc) is 2.72. The molecule has 2 amide bonds. The highest BCUT2D eigenvalue weighted by Crippen LogP contribution is 2.21. The molecule has 2 fully saturated rings. The normalized spacial score (nSPS) is 19.6. The summed E-state index contributed by atoms with van der Waals surface area (Å²) in [6.45, 7) is 4.91. The molecule has 1 N–H and O–H groups in total. The predicted octanol–water partition coefficient (Wildman–Crippen LogP) is 0.328. The molecule has 2 heterocycles. The first kappa shape index (κ1) is 23.4. The Morgan fingerprint density at radius 1 is 0.966 bits per heavy atom. The van der Waals surface area contributed by atoms with Gasteiger partial charge < -0.3 is 19.7 Å². The molecule has 2 saturated heterocycles. The molecule has 0 aliphatic carbocycles. The zero-order valence-electron chi connectivity index (χ0n) is 17.1. The summed E-state index contributed by atoms with van der Waals surface area (Å²) in [5, 5.41) is 2.82. The van der Waals surface area contributed by atoms with Crippen molar-refractivity contribution in [2.75, 3.05) is 45.1 Å². The smallest absolute Gasteiger partial charge is 0.409 e. The van der Waals surface area contributed by atoms with Gasteiger partial charge in [-0.1, -0.05) is 0 Å². The lowest BCUT2D eigenvalue weighted by atomic mass is 9.98. The van der Waals surface area contributed by atoms with Gasteiger partial charge in [0.15, 0.2) is 6.61 Å². The average molecular weight is 434 g/mol. The number of ether oxygens (including phenoxy) is 2. The molecule has 29 heavy (non-hydrogen) atoms. The van der Waals surface area contributed by atoms with Gasteiger partial charge in [0.05, 0.1) is 18.3 Å². The molecule has 0 saturated carbocycles. The van der Waals surface area contributed by atoms with E-state index in [1.165, 1.54) is 4.31 Å². The molecule has 166 valence electrons. The maximum atomic E-state index is 12.2. The molecule has 2 rings (SSSR count). The van der Waals surface area contributed by atoms with Crippen LogP contribution in [0, 0.1) is 5.92 Å². The summed E-state index contributed by atoms with van der Waals surface area (Å²) in [6.07, 6.45) is 1.67. The number of carbonyl (C=O) groups is 3. The fraction of sp³-hybridized carbons (Fsp3) is 0.833. The summed E-state index contributed by atoms with van der Waals surface area (Å²) < 4.78 is 35.2. The van der Waals surface area contributed by atoms with Crippen LogP contribution in [-0.2, 0) is 29.1 Å². The maximum Gasteiger partial charge on any atom is 0.409 e. The van der Waals surface area contributed by atoms with E-state index < -0.39 is 16.0 Å². The highest BCUT2D eigenvalue weighted by atomic mass is 32.2. The molecule has 0 atom stereocenters. The Morgan fingerprint density at radius 3 is 2.14 bits per heavy atom. The van der Waals surface area contributed by atoms with E-state index in [4.69, 9.17) is 9.47 Å². The van der Waals surface area contributed by atoms with Gasteiger partial charge in [-0.15, -0.1) is 0 Å². The third kappa shape index (κ3) is 6.84. The molecule has 11 heteroatoms. The van der Waals surface area contributed by atoms with Crippen LogP contribution in [-0.4, -0.2) is 86.8 Å². The van der Waals surface area contributed by atoms with Crippen molar-refractivity contribution in [2.24, 2.45) is 5.92 Å². The number of esters is 1. The topological polar surface area (TPSA) is 122 Å². The van der Waals surface area contributed by atoms with Crippen molar-refractivity contribution in [1.29, 1.82) is 0 Å². The standard InChI is InChI=1S/C18H31N3O7S/c1-3-27-18(24)20-9-7-15(8-10-20)19-16(22)13-28-17(23)14-5-11-21(12-6-14)29(25,26)4-2/h14-15H,3-13H2,1-2H3,(H,19,22). The monoisotopic (exact) mass is 433 g/mol. The van der Waals surface area contributed by atoms with Crippen LogP contribution in [0.2, 0.25) is 0 Å². The number of amides is 2. The van der Waals surface area contributed by atoms with Gasteiger partial charge in [-0.3, -0.25) is 9.59 Å². The van der Waals surface area contributed by atoms with Gasteiger partial charge in [0, 0.05) is 32.2 Å². The largest absolute Gasteiger partial charge is 0.455 e. The number of carbonyl (C=O) groups excluding carboxylic acids is 3. The Morgan fingerprint density at radius 2 is 1.59 bits per heavy atom. The molecule has 0 bridgehead atoms. The van der Waals surface area contributed by atoms with Crippen molar-refractivity contribution >= 4 is 28.0 Å². The lowest BCUT2D eigenvalue weighted by Crippen LogP contribution is -2.47. The van der Waals surface area contributed by atoms with Crippen molar-refractivity contribution < 1.29 is 32.3 Å². The molecule has 0 unspecified atom stereocenters. The summed E-state index contributed by atoms with van der Waals surface area (Å²) in [5.74, 6) is -1.19. The van der Waals surface area contributed by atoms with Gasteiger partial charge in [-0.05, 0) is 39.5 Å². The third-order valence-electron chi connectivity index (χ3n) is 5.28. The Balaban J connectivity index is 1.66. The quantitative estimate of drug-likeness (QED) is 0.574. The second kappa shape index (κ2) is 10.8. The SMILES string of the molecule is CCOC(=O)N1CCC(NC(=O)COC(=O)C2CCN(S(=O)(=O)CC)CC2)CC1. The van der Waals surface area contributed by atoms with Crippen LogP contribution in [0.1, 0.15) is 39.5 Å². The summed E-state index contributed by atoms with van der Waals surface area (Å²) >= 11 is 0. The number of rotatable bonds is 7. The Kier molecular flexibility index (Phi) is 8.69. The van der Waals surface area contributed by atoms with E-state index in [1.54, 1.807) is 18.7 Å². The van der Waals surface area contributed by atoms with E-state index in [1.807, 2.05) is 0 Å². The molecule has 0 aromatic carbocycles.